The van der Waals surface area contributed by atoms with E-state index >= 15 is 0 Å². The summed E-state index contributed by atoms with van der Waals surface area (Å²) < 4.78 is 0. The molecule has 0 saturated carbocycles. The van der Waals surface area contributed by atoms with Crippen molar-refractivity contribution in [1.29, 1.82) is 0 Å². The van der Waals surface area contributed by atoms with Crippen LogP contribution in [0.1, 0.15) is 19.3 Å². The first-order chi connectivity index (χ1) is 10.6. The molecule has 1 fully saturated rings. The average Bonchev–Trinajstić information content (AvgIpc) is 3.01. The van der Waals surface area contributed by atoms with E-state index in [9.17, 15) is 9.59 Å². The summed E-state index contributed by atoms with van der Waals surface area (Å²) in [6.45, 7) is 0.353. The van der Waals surface area contributed by atoms with Crippen molar-refractivity contribution in [2.24, 2.45) is 15.2 Å². The van der Waals surface area contributed by atoms with Gasteiger partial charge in [-0.25, -0.2) is 9.79 Å². The Morgan fingerprint density at radius 1 is 1.45 bits per heavy atom. The van der Waals surface area contributed by atoms with Crippen LogP contribution in [0.5, 0.6) is 0 Å². The molecule has 8 heteroatoms. The minimum Gasteiger partial charge on any atom is -0.465 e. The van der Waals surface area contributed by atoms with Crippen molar-refractivity contribution in [2.75, 3.05) is 13.1 Å². The lowest BCUT2D eigenvalue weighted by atomic mass is 10.1. The first-order valence-electron chi connectivity index (χ1n) is 7.27. The van der Waals surface area contributed by atoms with E-state index in [-0.39, 0.29) is 24.5 Å². The summed E-state index contributed by atoms with van der Waals surface area (Å²) in [5, 5.41) is 19.2. The first kappa shape index (κ1) is 14.4. The lowest BCUT2D eigenvalue weighted by Gasteiger charge is -2.26. The predicted molar refractivity (Wildman–Crippen MR) is 78.7 cm³/mol. The van der Waals surface area contributed by atoms with Crippen LogP contribution < -0.4 is 5.32 Å². The summed E-state index contributed by atoms with van der Waals surface area (Å²) in [5.74, 6) is 0.279. The highest BCUT2D eigenvalue weighted by atomic mass is 16.4. The summed E-state index contributed by atoms with van der Waals surface area (Å²) in [7, 11) is 0. The molecule has 22 heavy (non-hydrogen) atoms. The third-order valence-electron chi connectivity index (χ3n) is 3.91. The van der Waals surface area contributed by atoms with Crippen LogP contribution in [0.4, 0.5) is 4.79 Å². The first-order valence-corrected chi connectivity index (χ1v) is 7.27. The van der Waals surface area contributed by atoms with Crippen LogP contribution in [0.3, 0.4) is 0 Å². The molecule has 0 radical (unpaired) electrons. The van der Waals surface area contributed by atoms with Gasteiger partial charge in [-0.15, -0.1) is 5.11 Å². The maximum absolute atomic E-state index is 12.1. The van der Waals surface area contributed by atoms with Crippen LogP contribution in [0.25, 0.3) is 0 Å². The number of allylic oxidation sites excluding steroid dienone is 2. The fourth-order valence-electron chi connectivity index (χ4n) is 2.84. The number of rotatable bonds is 3. The van der Waals surface area contributed by atoms with Crippen LogP contribution in [-0.2, 0) is 4.79 Å². The zero-order valence-corrected chi connectivity index (χ0v) is 12.0. The van der Waals surface area contributed by atoms with E-state index in [1.807, 2.05) is 18.2 Å². The number of aliphatic imine (C=N–C) groups is 1. The highest BCUT2D eigenvalue weighted by Gasteiger charge is 2.34. The number of hydrogen-bond acceptors (Lipinski definition) is 5. The molecule has 2 N–H and O–H groups in total. The van der Waals surface area contributed by atoms with Crippen molar-refractivity contribution in [3.63, 3.8) is 0 Å². The number of carboxylic acid groups (broad SMARTS) is 1. The molecule has 1 saturated heterocycles. The lowest BCUT2D eigenvalue weighted by molar-refractivity contribution is -0.129. The molecular formula is C14H17N5O3. The van der Waals surface area contributed by atoms with E-state index in [2.05, 4.69) is 20.5 Å². The van der Waals surface area contributed by atoms with Gasteiger partial charge < -0.3 is 15.3 Å². The second-order valence-electron chi connectivity index (χ2n) is 5.36. The number of carbonyl (C=O) groups is 2. The molecule has 2 amide bonds. The van der Waals surface area contributed by atoms with Gasteiger partial charge in [-0.05, 0) is 25.3 Å². The summed E-state index contributed by atoms with van der Waals surface area (Å²) in [6, 6.07) is -0.243. The summed E-state index contributed by atoms with van der Waals surface area (Å²) >= 11 is 0. The third kappa shape index (κ3) is 2.90. The number of fused-ring (bicyclic) bond motifs is 1. The number of likely N-dealkylation sites (tertiary alicyclic amines) is 1. The molecule has 0 bridgehead atoms. The molecule has 116 valence electrons. The van der Waals surface area contributed by atoms with Crippen molar-refractivity contribution >= 4 is 17.8 Å². The molecule has 1 unspecified atom stereocenters. The molecule has 0 spiro atoms. The summed E-state index contributed by atoms with van der Waals surface area (Å²) in [4.78, 5) is 28.8. The highest BCUT2D eigenvalue weighted by Crippen LogP contribution is 2.27. The van der Waals surface area contributed by atoms with Crippen LogP contribution in [0, 0.1) is 0 Å². The SMILES string of the molecule is O=C(O)NCC(=O)N1CCC[C@H]1C1=NC2=CC=CCC2N=N1. The second kappa shape index (κ2) is 6.08. The van der Waals surface area contributed by atoms with Gasteiger partial charge in [0, 0.05) is 6.54 Å². The largest absolute Gasteiger partial charge is 0.465 e. The minimum absolute atomic E-state index is 0.0204. The van der Waals surface area contributed by atoms with E-state index in [0.29, 0.717) is 12.4 Å². The second-order valence-corrected chi connectivity index (χ2v) is 5.36. The summed E-state index contributed by atoms with van der Waals surface area (Å²) in [6.07, 6.45) is 7.09. The Labute approximate surface area is 127 Å². The number of azo groups is 1. The molecular weight excluding hydrogens is 286 g/mol. The smallest absolute Gasteiger partial charge is 0.405 e. The molecule has 0 aromatic carbocycles. The number of carbonyl (C=O) groups excluding carboxylic acids is 1. The van der Waals surface area contributed by atoms with E-state index in [4.69, 9.17) is 5.11 Å². The number of amidine groups is 1. The van der Waals surface area contributed by atoms with Gasteiger partial charge in [0.2, 0.25) is 5.91 Å². The summed E-state index contributed by atoms with van der Waals surface area (Å²) in [5.41, 5.74) is 0.871. The zero-order valence-electron chi connectivity index (χ0n) is 12.0. The Morgan fingerprint density at radius 3 is 3.14 bits per heavy atom. The molecule has 0 aromatic heterocycles. The molecule has 1 aliphatic carbocycles. The number of amides is 2. The van der Waals surface area contributed by atoms with Crippen LogP contribution in [0.2, 0.25) is 0 Å². The van der Waals surface area contributed by atoms with Crippen molar-refractivity contribution in [3.05, 3.63) is 23.9 Å². The van der Waals surface area contributed by atoms with Crippen LogP contribution in [0.15, 0.2) is 39.1 Å². The quantitative estimate of drug-likeness (QED) is 0.821. The Kier molecular flexibility index (Phi) is 3.99. The van der Waals surface area contributed by atoms with E-state index < -0.39 is 6.09 Å². The number of nitrogens with one attached hydrogen (secondary N) is 1. The van der Waals surface area contributed by atoms with Gasteiger partial charge in [0.1, 0.15) is 12.6 Å². The fourth-order valence-corrected chi connectivity index (χ4v) is 2.84. The molecule has 8 nitrogen and oxygen atoms in total. The van der Waals surface area contributed by atoms with Gasteiger partial charge in [0.05, 0.1) is 11.7 Å². The topological polar surface area (TPSA) is 107 Å². The van der Waals surface area contributed by atoms with Crippen molar-refractivity contribution in [2.45, 2.75) is 31.3 Å². The van der Waals surface area contributed by atoms with Crippen molar-refractivity contribution in [3.8, 4) is 0 Å². The predicted octanol–water partition coefficient (Wildman–Crippen LogP) is 1.32. The molecule has 2 heterocycles. The van der Waals surface area contributed by atoms with Crippen LogP contribution >= 0.6 is 0 Å². The van der Waals surface area contributed by atoms with Gasteiger partial charge in [-0.2, -0.15) is 5.11 Å². The minimum atomic E-state index is -1.21. The Bertz CT molecular complexity index is 608. The molecule has 3 aliphatic rings. The monoisotopic (exact) mass is 303 g/mol. The Hall–Kier alpha value is -2.51. The third-order valence-corrected chi connectivity index (χ3v) is 3.91. The zero-order chi connectivity index (χ0) is 15.5. The van der Waals surface area contributed by atoms with Gasteiger partial charge in [-0.1, -0.05) is 12.2 Å². The van der Waals surface area contributed by atoms with Crippen molar-refractivity contribution < 1.29 is 14.7 Å². The average molecular weight is 303 g/mol. The molecule has 3 rings (SSSR count). The normalized spacial score (nSPS) is 26.3. The van der Waals surface area contributed by atoms with Gasteiger partial charge in [-0.3, -0.25) is 4.79 Å². The van der Waals surface area contributed by atoms with E-state index in [1.165, 1.54) is 0 Å². The molecule has 0 aromatic rings. The number of nitrogens with zero attached hydrogens (tertiary/aromatic N) is 4. The highest BCUT2D eigenvalue weighted by molar-refractivity contribution is 5.94. The van der Waals surface area contributed by atoms with Gasteiger partial charge in [0.25, 0.3) is 0 Å². The molecule has 2 aliphatic heterocycles. The maximum atomic E-state index is 12.1. The van der Waals surface area contributed by atoms with Gasteiger partial charge >= 0.3 is 6.09 Å². The Morgan fingerprint density at radius 2 is 2.32 bits per heavy atom. The Balaban J connectivity index is 1.73. The fraction of sp³-hybridized carbons (Fsp3) is 0.500. The number of hydrogen-bond donors (Lipinski definition) is 2. The van der Waals surface area contributed by atoms with Crippen LogP contribution in [-0.4, -0.2) is 53.0 Å². The van der Waals surface area contributed by atoms with Crippen molar-refractivity contribution in [1.82, 2.24) is 10.2 Å². The van der Waals surface area contributed by atoms with E-state index in [0.717, 1.165) is 25.0 Å². The standard InChI is InChI=1S/C14H17N5O3/c20-12(8-15-14(21)22)19-7-3-6-11(19)13-16-9-4-1-2-5-10(9)17-18-13/h1-2,4,10-11,15H,3,5-8H2,(H,21,22)/t10?,11-/m0/s1. The lowest BCUT2D eigenvalue weighted by Crippen LogP contribution is -2.45. The van der Waals surface area contributed by atoms with Gasteiger partial charge in [0.15, 0.2) is 5.84 Å². The molecule has 2 atom stereocenters. The maximum Gasteiger partial charge on any atom is 0.405 e. The van der Waals surface area contributed by atoms with E-state index in [1.54, 1.807) is 4.90 Å².